The predicted octanol–water partition coefficient (Wildman–Crippen LogP) is 1.42. The lowest BCUT2D eigenvalue weighted by Gasteiger charge is -2.34. The molecule has 1 saturated carbocycles. The number of rotatable bonds is 6. The summed E-state index contributed by atoms with van der Waals surface area (Å²) in [7, 11) is 1.50. The number of nitrogens with one attached hydrogen (secondary N) is 1. The van der Waals surface area contributed by atoms with Gasteiger partial charge in [-0.05, 0) is 44.7 Å². The van der Waals surface area contributed by atoms with Gasteiger partial charge in [0, 0.05) is 19.7 Å². The van der Waals surface area contributed by atoms with Crippen LogP contribution in [0.1, 0.15) is 39.0 Å². The quantitative estimate of drug-likeness (QED) is 0.752. The van der Waals surface area contributed by atoms with Crippen molar-refractivity contribution in [1.29, 1.82) is 0 Å². The van der Waals surface area contributed by atoms with Crippen LogP contribution < -0.4 is 5.32 Å². The zero-order chi connectivity index (χ0) is 15.1. The number of carbonyl (C=O) groups is 1. The van der Waals surface area contributed by atoms with Crippen LogP contribution in [0.15, 0.2) is 0 Å². The molecule has 0 aromatic rings. The van der Waals surface area contributed by atoms with Crippen molar-refractivity contribution < 1.29 is 14.3 Å². The molecule has 2 unspecified atom stereocenters. The van der Waals surface area contributed by atoms with E-state index in [4.69, 9.17) is 9.47 Å². The number of likely N-dealkylation sites (N-methyl/N-ethyl adjacent to an activating group) is 1. The Hall–Kier alpha value is -0.650. The molecule has 0 bridgehead atoms. The maximum Gasteiger partial charge on any atom is 0.326 e. The van der Waals surface area contributed by atoms with Crippen LogP contribution in [0.3, 0.4) is 0 Å². The SMILES string of the molecule is CCNC1(C(=O)OC)CCCC1CCN1CCCOCC1. The molecule has 122 valence electrons. The molecule has 1 saturated heterocycles. The van der Waals surface area contributed by atoms with Crippen molar-refractivity contribution in [3.63, 3.8) is 0 Å². The number of hydrogen-bond acceptors (Lipinski definition) is 5. The molecule has 21 heavy (non-hydrogen) atoms. The average Bonchev–Trinajstić information content (AvgIpc) is 2.73. The third kappa shape index (κ3) is 3.96. The Kier molecular flexibility index (Phi) is 6.45. The summed E-state index contributed by atoms with van der Waals surface area (Å²) in [6, 6.07) is 0. The molecule has 2 atom stereocenters. The van der Waals surface area contributed by atoms with Gasteiger partial charge in [0.15, 0.2) is 0 Å². The van der Waals surface area contributed by atoms with E-state index in [1.54, 1.807) is 0 Å². The monoisotopic (exact) mass is 298 g/mol. The molecule has 5 nitrogen and oxygen atoms in total. The van der Waals surface area contributed by atoms with Crippen molar-refractivity contribution in [3.8, 4) is 0 Å². The molecule has 5 heteroatoms. The maximum atomic E-state index is 12.3. The van der Waals surface area contributed by atoms with Crippen molar-refractivity contribution in [3.05, 3.63) is 0 Å². The minimum atomic E-state index is -0.453. The summed E-state index contributed by atoms with van der Waals surface area (Å²) < 4.78 is 10.6. The molecule has 2 fully saturated rings. The maximum absolute atomic E-state index is 12.3. The van der Waals surface area contributed by atoms with E-state index >= 15 is 0 Å². The van der Waals surface area contributed by atoms with Crippen LogP contribution in [0, 0.1) is 5.92 Å². The summed E-state index contributed by atoms with van der Waals surface area (Å²) in [6.07, 6.45) is 5.30. The van der Waals surface area contributed by atoms with Gasteiger partial charge in [0.1, 0.15) is 5.54 Å². The van der Waals surface area contributed by atoms with Crippen molar-refractivity contribution in [1.82, 2.24) is 10.2 Å². The third-order valence-electron chi connectivity index (χ3n) is 4.97. The zero-order valence-corrected chi connectivity index (χ0v) is 13.5. The molecule has 1 heterocycles. The fourth-order valence-electron chi connectivity index (χ4n) is 3.90. The van der Waals surface area contributed by atoms with Crippen LogP contribution in [0.4, 0.5) is 0 Å². The largest absolute Gasteiger partial charge is 0.468 e. The Bertz CT molecular complexity index is 329. The Morgan fingerprint density at radius 3 is 3.00 bits per heavy atom. The first kappa shape index (κ1) is 16.7. The van der Waals surface area contributed by atoms with E-state index in [0.717, 1.165) is 71.5 Å². The van der Waals surface area contributed by atoms with Gasteiger partial charge in [-0.2, -0.15) is 0 Å². The first-order valence-electron chi connectivity index (χ1n) is 8.36. The molecule has 0 aromatic carbocycles. The Morgan fingerprint density at radius 2 is 2.24 bits per heavy atom. The van der Waals surface area contributed by atoms with E-state index in [1.807, 2.05) is 0 Å². The lowest BCUT2D eigenvalue weighted by molar-refractivity contribution is -0.150. The molecule has 0 aromatic heterocycles. The molecule has 0 spiro atoms. The summed E-state index contributed by atoms with van der Waals surface area (Å²) in [6.45, 7) is 7.76. The van der Waals surface area contributed by atoms with Crippen molar-refractivity contribution in [2.45, 2.75) is 44.6 Å². The first-order valence-corrected chi connectivity index (χ1v) is 8.36. The molecule has 0 amide bonds. The van der Waals surface area contributed by atoms with Gasteiger partial charge in [-0.15, -0.1) is 0 Å². The number of ether oxygens (including phenoxy) is 2. The Morgan fingerprint density at radius 1 is 1.38 bits per heavy atom. The van der Waals surface area contributed by atoms with Gasteiger partial charge in [-0.25, -0.2) is 0 Å². The lowest BCUT2D eigenvalue weighted by atomic mass is 9.84. The molecule has 2 rings (SSSR count). The topological polar surface area (TPSA) is 50.8 Å². The van der Waals surface area contributed by atoms with E-state index in [-0.39, 0.29) is 5.97 Å². The number of nitrogens with zero attached hydrogens (tertiary/aromatic N) is 1. The number of carbonyl (C=O) groups excluding carboxylic acids is 1. The number of methoxy groups -OCH3 is 1. The summed E-state index contributed by atoms with van der Waals surface area (Å²) >= 11 is 0. The van der Waals surface area contributed by atoms with Gasteiger partial charge >= 0.3 is 5.97 Å². The highest BCUT2D eigenvalue weighted by Crippen LogP contribution is 2.39. The Labute approximate surface area is 128 Å². The molecule has 0 radical (unpaired) electrons. The van der Waals surface area contributed by atoms with Crippen LogP contribution in [-0.2, 0) is 14.3 Å². The van der Waals surface area contributed by atoms with Crippen LogP contribution in [0.2, 0.25) is 0 Å². The van der Waals surface area contributed by atoms with Crippen molar-refractivity contribution in [2.24, 2.45) is 5.92 Å². The van der Waals surface area contributed by atoms with Gasteiger partial charge in [0.05, 0.1) is 13.7 Å². The fourth-order valence-corrected chi connectivity index (χ4v) is 3.90. The second-order valence-corrected chi connectivity index (χ2v) is 6.18. The summed E-state index contributed by atoms with van der Waals surface area (Å²) in [5.74, 6) is 0.306. The van der Waals surface area contributed by atoms with Gasteiger partial charge in [-0.1, -0.05) is 13.3 Å². The normalized spacial score (nSPS) is 31.0. The molecule has 1 aliphatic heterocycles. The summed E-state index contributed by atoms with van der Waals surface area (Å²) in [5.41, 5.74) is -0.453. The summed E-state index contributed by atoms with van der Waals surface area (Å²) in [5, 5.41) is 3.44. The van der Waals surface area contributed by atoms with Crippen molar-refractivity contribution >= 4 is 5.97 Å². The highest BCUT2D eigenvalue weighted by Gasteiger charge is 2.49. The third-order valence-corrected chi connectivity index (χ3v) is 4.97. The first-order chi connectivity index (χ1) is 10.2. The van der Waals surface area contributed by atoms with E-state index < -0.39 is 5.54 Å². The van der Waals surface area contributed by atoms with Gasteiger partial charge < -0.3 is 19.7 Å². The number of hydrogen-bond donors (Lipinski definition) is 1. The number of esters is 1. The minimum absolute atomic E-state index is 0.0777. The van der Waals surface area contributed by atoms with E-state index in [2.05, 4.69) is 17.1 Å². The lowest BCUT2D eigenvalue weighted by Crippen LogP contribution is -2.55. The van der Waals surface area contributed by atoms with E-state index in [9.17, 15) is 4.79 Å². The van der Waals surface area contributed by atoms with Crippen molar-refractivity contribution in [2.75, 3.05) is 46.5 Å². The van der Waals surface area contributed by atoms with Crippen LogP contribution in [0.5, 0.6) is 0 Å². The van der Waals surface area contributed by atoms with Crippen LogP contribution >= 0.6 is 0 Å². The van der Waals surface area contributed by atoms with E-state index in [1.165, 1.54) is 7.11 Å². The smallest absolute Gasteiger partial charge is 0.326 e. The van der Waals surface area contributed by atoms with Crippen LogP contribution in [0.25, 0.3) is 0 Å². The second-order valence-electron chi connectivity index (χ2n) is 6.18. The zero-order valence-electron chi connectivity index (χ0n) is 13.5. The Balaban J connectivity index is 1.94. The van der Waals surface area contributed by atoms with Gasteiger partial charge in [0.2, 0.25) is 0 Å². The highest BCUT2D eigenvalue weighted by atomic mass is 16.5. The summed E-state index contributed by atoms with van der Waals surface area (Å²) in [4.78, 5) is 14.8. The predicted molar refractivity (Wildman–Crippen MR) is 82.3 cm³/mol. The molecular weight excluding hydrogens is 268 g/mol. The average molecular weight is 298 g/mol. The molecular formula is C16H30N2O3. The minimum Gasteiger partial charge on any atom is -0.468 e. The second kappa shape index (κ2) is 8.11. The molecule has 2 aliphatic rings. The van der Waals surface area contributed by atoms with E-state index in [0.29, 0.717) is 5.92 Å². The van der Waals surface area contributed by atoms with Gasteiger partial charge in [0.25, 0.3) is 0 Å². The molecule has 1 N–H and O–H groups in total. The molecule has 1 aliphatic carbocycles. The fraction of sp³-hybridized carbons (Fsp3) is 0.938. The van der Waals surface area contributed by atoms with Gasteiger partial charge in [-0.3, -0.25) is 4.79 Å². The highest BCUT2D eigenvalue weighted by molar-refractivity contribution is 5.81. The standard InChI is InChI=1S/C16H30N2O3/c1-3-17-16(15(19)20-2)8-4-6-14(16)7-10-18-9-5-12-21-13-11-18/h14,17H,3-13H2,1-2H3. The van der Waals surface area contributed by atoms with Crippen LogP contribution in [-0.4, -0.2) is 62.9 Å².